The van der Waals surface area contributed by atoms with Crippen LogP contribution in [0.1, 0.15) is 320 Å². The molecule has 2 saturated heterocycles. The molecule has 20 heteroatoms. The Hall–Kier alpha value is -5.32. The third-order valence-corrected chi connectivity index (χ3v) is 28.8. The lowest BCUT2D eigenvalue weighted by molar-refractivity contribution is -0.225. The number of carbonyl (C=O) groups excluding carboxylic acids is 9. The number of esters is 9. The van der Waals surface area contributed by atoms with Crippen molar-refractivity contribution in [2.75, 3.05) is 0 Å². The molecule has 15 fully saturated rings. The molecule has 12 atom stereocenters. The first kappa shape index (κ1) is 86.3. The summed E-state index contributed by atoms with van der Waals surface area (Å²) in [4.78, 5) is 111. The van der Waals surface area contributed by atoms with Crippen molar-refractivity contribution in [1.29, 1.82) is 5.26 Å². The molecular weight excluding hydrogens is 1350 g/mol. The molecule has 15 rings (SSSR count). The van der Waals surface area contributed by atoms with E-state index in [0.29, 0.717) is 61.7 Å². The number of nitriles is 1. The van der Waals surface area contributed by atoms with Gasteiger partial charge in [0.25, 0.3) is 0 Å². The van der Waals surface area contributed by atoms with Gasteiger partial charge in [-0.15, -0.1) is 0 Å². The van der Waals surface area contributed by atoms with Crippen molar-refractivity contribution >= 4 is 53.7 Å². The van der Waals surface area contributed by atoms with Crippen LogP contribution in [0.3, 0.4) is 0 Å². The summed E-state index contributed by atoms with van der Waals surface area (Å²) in [5.74, 6) is 1.83. The largest absolute Gasteiger partial charge is 0.459 e. The molecule has 0 aromatic rings. The maximum absolute atomic E-state index is 12.6. The van der Waals surface area contributed by atoms with E-state index >= 15 is 0 Å². The Labute approximate surface area is 634 Å². The standard InChI is InChI=1S/C19H25NO6.C18H26O6.C17H28O2.C16H26O3.C15H28O2.CH4/c1-6-17(2,3)14(21)26-18(4,5)15(22)24-12-10-7-11-13(12)25-16(23)19(11,8-10)9-20;1-6-17(2,3)15(20)24-18(4,5)16(21)23-12-9-7-10-11(8-9)14(19)22-13(10)12;1-5-16(2,3)15(18)19-17(4)13-7-11-6-12(9-13)10-14(17)8-11;1-4-14(2,3)13(17)19-16-8-11-5-12(9-16)7-15(18,6-11)10-16;1-6-14(2,3)13(16)17-15(4,5)12-10-8-7-9-11-12;/h10-13H,6-8H2,1-5H3;9-13H,6-8H2,1-5H3;11-14H,5-10H2,1-4H3;11-12,18H,4-10H2,1-3H3;12H,6-11H2,1-5H3;1H4. The van der Waals surface area contributed by atoms with Crippen molar-refractivity contribution in [3.05, 3.63) is 0 Å². The monoisotopic (exact) mass is 1490 g/mol. The van der Waals surface area contributed by atoms with Gasteiger partial charge in [0.2, 0.25) is 11.2 Å². The zero-order valence-corrected chi connectivity index (χ0v) is 68.2. The van der Waals surface area contributed by atoms with Gasteiger partial charge in [-0.3, -0.25) is 33.6 Å². The molecule has 2 aliphatic heterocycles. The second kappa shape index (κ2) is 31.1. The fourth-order valence-corrected chi connectivity index (χ4v) is 19.9. The predicted molar refractivity (Wildman–Crippen MR) is 398 cm³/mol. The fourth-order valence-electron chi connectivity index (χ4n) is 19.9. The molecule has 13 aliphatic carbocycles. The molecule has 1 N–H and O–H groups in total. The average molecular weight is 1490 g/mol. The van der Waals surface area contributed by atoms with E-state index in [1.165, 1.54) is 98.3 Å². The topological polar surface area (TPSA) is 281 Å². The highest BCUT2D eigenvalue weighted by Crippen LogP contribution is 2.64. The maximum Gasteiger partial charge on any atom is 0.350 e. The lowest BCUT2D eigenvalue weighted by atomic mass is 9.50. The first-order valence-corrected chi connectivity index (χ1v) is 40.6. The highest BCUT2D eigenvalue weighted by Gasteiger charge is 2.73. The summed E-state index contributed by atoms with van der Waals surface area (Å²) in [5, 5.41) is 20.1. The molecule has 12 bridgehead atoms. The Morgan fingerprint density at radius 2 is 0.915 bits per heavy atom. The van der Waals surface area contributed by atoms with Crippen LogP contribution in [0, 0.1) is 115 Å². The van der Waals surface area contributed by atoms with Gasteiger partial charge < -0.3 is 47.7 Å². The van der Waals surface area contributed by atoms with Crippen LogP contribution in [0.4, 0.5) is 0 Å². The Bertz CT molecular complexity index is 3260. The third-order valence-electron chi connectivity index (χ3n) is 28.8. The van der Waals surface area contributed by atoms with Crippen LogP contribution in [-0.4, -0.2) is 117 Å². The van der Waals surface area contributed by atoms with Crippen LogP contribution in [0.5, 0.6) is 0 Å². The van der Waals surface area contributed by atoms with Crippen molar-refractivity contribution in [1.82, 2.24) is 0 Å². The van der Waals surface area contributed by atoms with Crippen molar-refractivity contribution in [3.8, 4) is 6.07 Å². The third kappa shape index (κ3) is 17.4. The molecule has 15 aliphatic rings. The summed E-state index contributed by atoms with van der Waals surface area (Å²) in [7, 11) is 0. The highest BCUT2D eigenvalue weighted by atomic mass is 16.6. The molecule has 0 aromatic heterocycles. The first-order valence-electron chi connectivity index (χ1n) is 40.6. The van der Waals surface area contributed by atoms with Gasteiger partial charge in [-0.2, -0.15) is 5.26 Å². The molecule has 20 nitrogen and oxygen atoms in total. The minimum absolute atomic E-state index is 0. The zero-order chi connectivity index (χ0) is 78.2. The summed E-state index contributed by atoms with van der Waals surface area (Å²) in [6.45, 7) is 41.3. The molecule has 12 unspecified atom stereocenters. The normalized spacial score (nSPS) is 35.3. The first-order chi connectivity index (χ1) is 48.4. The van der Waals surface area contributed by atoms with Gasteiger partial charge in [0.05, 0.1) is 44.7 Å². The summed E-state index contributed by atoms with van der Waals surface area (Å²) in [6.07, 6.45) is 22.9. The van der Waals surface area contributed by atoms with E-state index < -0.39 is 86.6 Å². The average Bonchev–Trinajstić information content (AvgIpc) is 1.49. The number of hydrogen-bond acceptors (Lipinski definition) is 20. The zero-order valence-electron chi connectivity index (χ0n) is 68.2. The van der Waals surface area contributed by atoms with Crippen molar-refractivity contribution in [2.24, 2.45) is 104 Å². The maximum atomic E-state index is 12.6. The van der Waals surface area contributed by atoms with Gasteiger partial charge >= 0.3 is 53.7 Å². The van der Waals surface area contributed by atoms with Crippen LogP contribution in [0.25, 0.3) is 0 Å². The van der Waals surface area contributed by atoms with Crippen LogP contribution in [0.2, 0.25) is 0 Å². The van der Waals surface area contributed by atoms with Crippen LogP contribution in [0.15, 0.2) is 0 Å². The van der Waals surface area contributed by atoms with E-state index in [1.54, 1.807) is 27.7 Å². The van der Waals surface area contributed by atoms with E-state index in [4.69, 9.17) is 42.6 Å². The van der Waals surface area contributed by atoms with E-state index in [0.717, 1.165) is 69.6 Å². The number of fused-ring (bicyclic) bond motifs is 2. The van der Waals surface area contributed by atoms with Crippen molar-refractivity contribution in [3.63, 3.8) is 0 Å². The summed E-state index contributed by atoms with van der Waals surface area (Å²) >= 11 is 0. The Balaban J connectivity index is 0.000000168. The smallest absolute Gasteiger partial charge is 0.350 e. The number of ether oxygens (including phenoxy) is 9. The molecule has 0 aromatic carbocycles. The van der Waals surface area contributed by atoms with Gasteiger partial charge in [0.15, 0.2) is 5.41 Å². The fraction of sp³-hybridized carbons (Fsp3) is 0.884. The van der Waals surface area contributed by atoms with E-state index in [1.807, 2.05) is 69.2 Å². The summed E-state index contributed by atoms with van der Waals surface area (Å²) in [5.41, 5.74) is -7.73. The molecular formula is C86H137NO19. The van der Waals surface area contributed by atoms with Gasteiger partial charge in [0, 0.05) is 30.1 Å². The molecule has 0 spiro atoms. The Kier molecular flexibility index (Phi) is 25.3. The van der Waals surface area contributed by atoms with Crippen LogP contribution < -0.4 is 0 Å². The molecule has 600 valence electrons. The van der Waals surface area contributed by atoms with E-state index in [-0.39, 0.29) is 94.6 Å². The Morgan fingerprint density at radius 1 is 0.491 bits per heavy atom. The van der Waals surface area contributed by atoms with Gasteiger partial charge in [-0.1, -0.05) is 61.3 Å². The second-order valence-electron chi connectivity index (χ2n) is 39.9. The van der Waals surface area contributed by atoms with Crippen LogP contribution in [-0.2, 0) is 85.8 Å². The predicted octanol–water partition coefficient (Wildman–Crippen LogP) is 16.6. The number of rotatable bonds is 20. The second-order valence-corrected chi connectivity index (χ2v) is 39.9. The number of nitrogens with zero attached hydrogens (tertiary/aromatic N) is 1. The number of hydrogen-bond donors (Lipinski definition) is 1. The van der Waals surface area contributed by atoms with Gasteiger partial charge in [-0.05, 0) is 294 Å². The molecule has 106 heavy (non-hydrogen) atoms. The Morgan fingerprint density at radius 3 is 1.36 bits per heavy atom. The van der Waals surface area contributed by atoms with Crippen molar-refractivity contribution < 1.29 is 90.9 Å². The van der Waals surface area contributed by atoms with E-state index in [9.17, 15) is 53.5 Å². The lowest BCUT2D eigenvalue weighted by Gasteiger charge is -2.59. The SMILES string of the molecule is C.CCC(C)(C)C(=O)OC(C)(C)C(=O)OC1C2CC3C(=O)OC1C3C2.CCC(C)(C)C(=O)OC(C)(C)C(=O)OC1C2CC3C1OC(=O)C3(C#N)C2.CCC(C)(C)C(=O)OC(C)(C)C1CCCCC1.CCC(C)(C)C(=O)OC1(C)C2CC3CC(C2)CC1C3.CCC(C)(C)C(=O)OC12CC3CC(CC(O)(C3)C1)C2. The minimum atomic E-state index is -1.44. The van der Waals surface area contributed by atoms with Gasteiger partial charge in [-0.25, -0.2) is 9.59 Å². The minimum Gasteiger partial charge on any atom is -0.459 e. The summed E-state index contributed by atoms with van der Waals surface area (Å²) in [6, 6.07) is 2.12. The highest BCUT2D eigenvalue weighted by molar-refractivity contribution is 5.87. The van der Waals surface area contributed by atoms with Gasteiger partial charge in [0.1, 0.15) is 41.2 Å². The quantitative estimate of drug-likeness (QED) is 0.0875. The lowest BCUT2D eigenvalue weighted by Crippen LogP contribution is -2.61. The number of carbonyl (C=O) groups is 9. The van der Waals surface area contributed by atoms with Crippen molar-refractivity contribution in [2.45, 2.75) is 378 Å². The summed E-state index contributed by atoms with van der Waals surface area (Å²) < 4.78 is 50.8. The number of aliphatic hydroxyl groups is 1. The van der Waals surface area contributed by atoms with E-state index in [2.05, 4.69) is 33.8 Å². The molecule has 2 heterocycles. The molecule has 0 amide bonds. The molecule has 0 radical (unpaired) electrons. The molecule has 13 saturated carbocycles. The van der Waals surface area contributed by atoms with Crippen LogP contribution >= 0.6 is 0 Å².